The van der Waals surface area contributed by atoms with Crippen molar-refractivity contribution in [3.05, 3.63) is 14.4 Å². The van der Waals surface area contributed by atoms with Gasteiger partial charge in [-0.1, -0.05) is 22.3 Å². The van der Waals surface area contributed by atoms with E-state index in [9.17, 15) is 0 Å². The molecular formula is C6H20WY-2. The SMILES string of the molecule is C.C.C.[CH2-]C.[CH3-].[W].[Y]. The van der Waals surface area contributed by atoms with Gasteiger partial charge >= 0.3 is 0 Å². The van der Waals surface area contributed by atoms with Gasteiger partial charge in [0.15, 0.2) is 0 Å². The van der Waals surface area contributed by atoms with Crippen LogP contribution >= 0.6 is 0 Å². The molecule has 8 heavy (non-hydrogen) atoms. The molecule has 0 fully saturated rings. The van der Waals surface area contributed by atoms with Gasteiger partial charge in [0.1, 0.15) is 0 Å². The van der Waals surface area contributed by atoms with Gasteiger partial charge in [-0.25, -0.2) is 0 Å². The minimum Gasteiger partial charge on any atom is -0.358 e. The van der Waals surface area contributed by atoms with Gasteiger partial charge in [-0.3, -0.25) is 0 Å². The normalized spacial score (nSPS) is 0.750. The Hall–Kier alpha value is 1.79. The molecule has 0 aliphatic heterocycles. The van der Waals surface area contributed by atoms with Crippen molar-refractivity contribution in [1.29, 1.82) is 0 Å². The third-order valence-corrected chi connectivity index (χ3v) is 0. The Balaban J connectivity index is -0.000000000333. The van der Waals surface area contributed by atoms with Crippen molar-refractivity contribution in [2.75, 3.05) is 0 Å². The molecule has 0 aromatic rings. The van der Waals surface area contributed by atoms with Gasteiger partial charge < -0.3 is 14.4 Å². The smallest absolute Gasteiger partial charge is 0 e. The van der Waals surface area contributed by atoms with E-state index in [1.54, 1.807) is 6.92 Å². The molecule has 0 saturated heterocycles. The quantitative estimate of drug-likeness (QED) is 0.579. The molecule has 2 heteroatoms. The van der Waals surface area contributed by atoms with Gasteiger partial charge in [-0.05, 0) is 0 Å². The maximum absolute atomic E-state index is 3.25. The van der Waals surface area contributed by atoms with Gasteiger partial charge in [0.25, 0.3) is 0 Å². The van der Waals surface area contributed by atoms with Crippen LogP contribution in [0.4, 0.5) is 0 Å². The predicted octanol–water partition coefficient (Wildman–Crippen LogP) is 3.19. The van der Waals surface area contributed by atoms with Gasteiger partial charge in [-0.15, -0.1) is 0 Å². The van der Waals surface area contributed by atoms with Crippen molar-refractivity contribution in [3.63, 3.8) is 0 Å². The van der Waals surface area contributed by atoms with Crippen molar-refractivity contribution >= 4 is 0 Å². The van der Waals surface area contributed by atoms with E-state index in [1.165, 1.54) is 0 Å². The Morgan fingerprint density at radius 1 is 0.875 bits per heavy atom. The fourth-order valence-corrected chi connectivity index (χ4v) is 0. The second kappa shape index (κ2) is 166. The Kier molecular flexibility index (Phi) is 2020. The molecule has 0 N–H and O–H groups in total. The van der Waals surface area contributed by atoms with Crippen LogP contribution < -0.4 is 0 Å². The van der Waals surface area contributed by atoms with Gasteiger partial charge in [0.05, 0.1) is 0 Å². The third kappa shape index (κ3) is 112. The summed E-state index contributed by atoms with van der Waals surface area (Å²) >= 11 is 0. The summed E-state index contributed by atoms with van der Waals surface area (Å²) in [5, 5.41) is 0. The zero-order valence-electron chi connectivity index (χ0n) is 3.69. The molecule has 0 aromatic carbocycles. The summed E-state index contributed by atoms with van der Waals surface area (Å²) in [6.07, 6.45) is 0. The zero-order valence-corrected chi connectivity index (χ0v) is 9.46. The standard InChI is InChI=1S/C2H5.3CH4.CH3.W.Y/c1-2;;;;;;/h1H2,2H3;3*1H4;1H3;;/q-1;;;;-1;;. The van der Waals surface area contributed by atoms with Crippen molar-refractivity contribution in [3.8, 4) is 0 Å². The van der Waals surface area contributed by atoms with Gasteiger partial charge in [0.2, 0.25) is 0 Å². The van der Waals surface area contributed by atoms with Crippen LogP contribution in [0.3, 0.4) is 0 Å². The fraction of sp³-hybridized carbons (Fsp3) is 0.667. The van der Waals surface area contributed by atoms with E-state index >= 15 is 0 Å². The summed E-state index contributed by atoms with van der Waals surface area (Å²) in [4.78, 5) is 0. The summed E-state index contributed by atoms with van der Waals surface area (Å²) in [5.74, 6) is 0. The van der Waals surface area contributed by atoms with E-state index in [2.05, 4.69) is 6.92 Å². The monoisotopic (exact) mass is 365 g/mol. The van der Waals surface area contributed by atoms with Gasteiger partial charge in [0, 0.05) is 53.8 Å². The van der Waals surface area contributed by atoms with Crippen molar-refractivity contribution in [1.82, 2.24) is 0 Å². The first kappa shape index (κ1) is 97.1. The average Bonchev–Trinajstić information content (AvgIpc) is 1.00. The molecule has 0 rings (SSSR count). The van der Waals surface area contributed by atoms with E-state index in [0.29, 0.717) is 0 Å². The summed E-state index contributed by atoms with van der Waals surface area (Å²) in [5.41, 5.74) is 0. The maximum atomic E-state index is 3.25. The van der Waals surface area contributed by atoms with Gasteiger partial charge in [-0.2, -0.15) is 6.92 Å². The number of hydrogen-bond donors (Lipinski definition) is 0. The molecule has 0 atom stereocenters. The van der Waals surface area contributed by atoms with E-state index in [4.69, 9.17) is 0 Å². The van der Waals surface area contributed by atoms with Crippen molar-refractivity contribution in [2.24, 2.45) is 0 Å². The Bertz CT molecular complexity index is 8.49. The molecule has 0 aromatic heterocycles. The van der Waals surface area contributed by atoms with Crippen LogP contribution in [0.1, 0.15) is 29.2 Å². The minimum atomic E-state index is 0. The van der Waals surface area contributed by atoms with Crippen LogP contribution in [0.25, 0.3) is 0 Å². The largest absolute Gasteiger partial charge is 0.358 e. The predicted molar refractivity (Wildman–Crippen MR) is 37.6 cm³/mol. The van der Waals surface area contributed by atoms with E-state index in [1.807, 2.05) is 0 Å². The molecule has 55 valence electrons. The van der Waals surface area contributed by atoms with Crippen LogP contribution in [0.5, 0.6) is 0 Å². The Morgan fingerprint density at radius 3 is 0.875 bits per heavy atom. The summed E-state index contributed by atoms with van der Waals surface area (Å²) in [6.45, 7) is 5.00. The molecule has 0 saturated carbocycles. The molecular weight excluding hydrogens is 345 g/mol. The molecule has 0 aliphatic carbocycles. The second-order valence-electron chi connectivity index (χ2n) is 0. The average molecular weight is 365 g/mol. The molecule has 0 unspecified atom stereocenters. The number of rotatable bonds is 0. The van der Waals surface area contributed by atoms with Crippen LogP contribution in [-0.4, -0.2) is 0 Å². The molecule has 0 aliphatic rings. The third-order valence-electron chi connectivity index (χ3n) is 0. The Labute approximate surface area is 96.4 Å². The zero-order chi connectivity index (χ0) is 2.00. The fourth-order valence-electron chi connectivity index (χ4n) is 0. The molecule has 0 bridgehead atoms. The molecule has 0 nitrogen and oxygen atoms in total. The maximum Gasteiger partial charge on any atom is 0 e. The first-order valence-corrected chi connectivity index (χ1v) is 0.707. The second-order valence-corrected chi connectivity index (χ2v) is 0. The molecule has 0 heterocycles. The topological polar surface area (TPSA) is 0 Å². The first-order chi connectivity index (χ1) is 1.00. The summed E-state index contributed by atoms with van der Waals surface area (Å²) in [7, 11) is 0. The minimum absolute atomic E-state index is 0. The van der Waals surface area contributed by atoms with Crippen molar-refractivity contribution < 1.29 is 53.8 Å². The summed E-state index contributed by atoms with van der Waals surface area (Å²) < 4.78 is 0. The van der Waals surface area contributed by atoms with Crippen LogP contribution in [0.2, 0.25) is 0 Å². The first-order valence-electron chi connectivity index (χ1n) is 0.707. The van der Waals surface area contributed by atoms with E-state index < -0.39 is 0 Å². The molecule has 0 spiro atoms. The molecule has 0 amide bonds. The van der Waals surface area contributed by atoms with Crippen LogP contribution in [-0.2, 0) is 53.8 Å². The summed E-state index contributed by atoms with van der Waals surface area (Å²) in [6, 6.07) is 0. The van der Waals surface area contributed by atoms with Crippen LogP contribution in [0.15, 0.2) is 0 Å². The van der Waals surface area contributed by atoms with E-state index in [-0.39, 0.29) is 83.5 Å². The Morgan fingerprint density at radius 2 is 0.875 bits per heavy atom. The number of hydrogen-bond acceptors (Lipinski definition) is 0. The van der Waals surface area contributed by atoms with Crippen molar-refractivity contribution in [2.45, 2.75) is 29.2 Å². The van der Waals surface area contributed by atoms with E-state index in [0.717, 1.165) is 0 Å². The molecule has 1 radical (unpaired) electrons. The van der Waals surface area contributed by atoms with Crippen LogP contribution in [0, 0.1) is 14.4 Å².